The highest BCUT2D eigenvalue weighted by atomic mass is 35.5. The fraction of sp³-hybridized carbons (Fsp3) is 0.250. The zero-order valence-corrected chi connectivity index (χ0v) is 14.2. The molecule has 0 radical (unpaired) electrons. The van der Waals surface area contributed by atoms with Crippen molar-refractivity contribution in [3.63, 3.8) is 0 Å². The number of amides is 1. The molecule has 0 aliphatic carbocycles. The number of anilines is 1. The van der Waals surface area contributed by atoms with Gasteiger partial charge in [0.15, 0.2) is 5.65 Å². The second-order valence-corrected chi connectivity index (χ2v) is 6.45. The van der Waals surface area contributed by atoms with Crippen LogP contribution in [-0.4, -0.2) is 25.7 Å². The molecule has 0 spiro atoms. The van der Waals surface area contributed by atoms with Crippen molar-refractivity contribution < 1.29 is 4.79 Å². The lowest BCUT2D eigenvalue weighted by Crippen LogP contribution is -2.35. The molecule has 0 atom stereocenters. The number of carbonyl (C=O) groups is 1. The van der Waals surface area contributed by atoms with Crippen LogP contribution in [0.25, 0.3) is 11.0 Å². The van der Waals surface area contributed by atoms with Gasteiger partial charge in [-0.25, -0.2) is 0 Å². The number of halogens is 1. The monoisotopic (exact) mass is 345 g/mol. The second-order valence-electron chi connectivity index (χ2n) is 6.01. The summed E-state index contributed by atoms with van der Waals surface area (Å²) in [6.45, 7) is 3.55. The molecule has 2 N–H and O–H groups in total. The minimum absolute atomic E-state index is 0.0798. The number of carbonyl (C=O) groups excluding carboxylic acids is 1. The number of benzene rings is 1. The molecule has 3 rings (SSSR count). The molecule has 0 unspecified atom stereocenters. The first-order valence-electron chi connectivity index (χ1n) is 7.28. The van der Waals surface area contributed by atoms with Gasteiger partial charge in [-0.2, -0.15) is 10.1 Å². The van der Waals surface area contributed by atoms with E-state index in [1.165, 1.54) is 10.9 Å². The third-order valence-electron chi connectivity index (χ3n) is 3.95. The molecule has 3 aromatic rings. The Hall–Kier alpha value is -2.67. The van der Waals surface area contributed by atoms with Crippen molar-refractivity contribution in [1.29, 1.82) is 0 Å². The Bertz CT molecular complexity index is 990. The van der Waals surface area contributed by atoms with Crippen LogP contribution >= 0.6 is 11.6 Å². The third-order valence-corrected chi connectivity index (χ3v) is 4.18. The van der Waals surface area contributed by atoms with Gasteiger partial charge >= 0.3 is 0 Å². The summed E-state index contributed by atoms with van der Waals surface area (Å²) in [5.41, 5.74) is -0.0553. The maximum atomic E-state index is 12.7. The summed E-state index contributed by atoms with van der Waals surface area (Å²) >= 11 is 6.01. The van der Waals surface area contributed by atoms with Crippen LogP contribution in [-0.2, 0) is 17.3 Å². The van der Waals surface area contributed by atoms with E-state index in [2.05, 4.69) is 20.4 Å². The highest BCUT2D eigenvalue weighted by Crippen LogP contribution is 2.26. The first-order valence-corrected chi connectivity index (χ1v) is 7.66. The zero-order chi connectivity index (χ0) is 17.5. The fourth-order valence-corrected chi connectivity index (χ4v) is 2.55. The first kappa shape index (κ1) is 16.2. The van der Waals surface area contributed by atoms with Crippen molar-refractivity contribution >= 4 is 34.5 Å². The van der Waals surface area contributed by atoms with Gasteiger partial charge in [-0.05, 0) is 31.5 Å². The molecule has 0 fully saturated rings. The Morgan fingerprint density at radius 3 is 2.83 bits per heavy atom. The minimum atomic E-state index is -0.856. The van der Waals surface area contributed by atoms with Crippen molar-refractivity contribution in [2.45, 2.75) is 19.3 Å². The molecule has 8 heteroatoms. The topological polar surface area (TPSA) is 92.7 Å². The summed E-state index contributed by atoms with van der Waals surface area (Å²) in [6.07, 6.45) is 1.43. The van der Waals surface area contributed by atoms with E-state index in [0.717, 1.165) is 5.56 Å². The normalized spacial score (nSPS) is 11.7. The molecular weight excluding hydrogens is 330 g/mol. The maximum absolute atomic E-state index is 12.7. The van der Waals surface area contributed by atoms with Crippen LogP contribution in [0.15, 0.2) is 35.3 Å². The molecule has 124 valence electrons. The first-order chi connectivity index (χ1) is 11.3. The molecule has 2 aromatic heterocycles. The smallest absolute Gasteiger partial charge is 0.263 e. The number of aromatic nitrogens is 4. The van der Waals surface area contributed by atoms with Gasteiger partial charge in [0.2, 0.25) is 11.9 Å². The number of H-pyrrole nitrogens is 1. The van der Waals surface area contributed by atoms with Crippen molar-refractivity contribution in [2.75, 3.05) is 5.32 Å². The molecule has 0 saturated carbocycles. The van der Waals surface area contributed by atoms with Crippen LogP contribution in [0.2, 0.25) is 5.02 Å². The van der Waals surface area contributed by atoms with Gasteiger partial charge in [0.05, 0.1) is 11.6 Å². The fourth-order valence-electron chi connectivity index (χ4n) is 2.36. The van der Waals surface area contributed by atoms with Gasteiger partial charge in [0.1, 0.15) is 5.39 Å². The lowest BCUT2D eigenvalue weighted by atomic mass is 9.84. The van der Waals surface area contributed by atoms with E-state index in [1.807, 2.05) is 6.07 Å². The molecule has 1 amide bonds. The minimum Gasteiger partial charge on any atom is -0.295 e. The van der Waals surface area contributed by atoms with Crippen LogP contribution < -0.4 is 10.9 Å². The van der Waals surface area contributed by atoms with Crippen LogP contribution in [0, 0.1) is 0 Å². The number of fused-ring (bicyclic) bond motifs is 1. The highest BCUT2D eigenvalue weighted by molar-refractivity contribution is 6.30. The quantitative estimate of drug-likeness (QED) is 0.761. The number of hydrogen-bond donors (Lipinski definition) is 2. The standard InChI is InChI=1S/C16H16ClN5O2/c1-16(2,9-5-4-6-10(17)7-9)14(24)21-15-19-12-11(13(23)20-15)8-18-22(12)3/h4-8H,1-3H3,(H2,19,20,21,23,24). The molecule has 7 nitrogen and oxygen atoms in total. The predicted molar refractivity (Wildman–Crippen MR) is 92.2 cm³/mol. The van der Waals surface area contributed by atoms with Crippen LogP contribution in [0.3, 0.4) is 0 Å². The maximum Gasteiger partial charge on any atom is 0.263 e. The lowest BCUT2D eigenvalue weighted by Gasteiger charge is -2.24. The average Bonchev–Trinajstić information content (AvgIpc) is 2.89. The molecule has 0 saturated heterocycles. The van der Waals surface area contributed by atoms with Crippen LogP contribution in [0.5, 0.6) is 0 Å². The van der Waals surface area contributed by atoms with Gasteiger partial charge in [0.25, 0.3) is 5.56 Å². The number of hydrogen-bond acceptors (Lipinski definition) is 4. The summed E-state index contributed by atoms with van der Waals surface area (Å²) in [5, 5.41) is 7.57. The molecule has 1 aromatic carbocycles. The molecule has 0 aliphatic heterocycles. The van der Waals surface area contributed by atoms with E-state index in [1.54, 1.807) is 39.1 Å². The average molecular weight is 346 g/mol. The summed E-state index contributed by atoms with van der Waals surface area (Å²) in [4.78, 5) is 31.5. The van der Waals surface area contributed by atoms with Crippen LogP contribution in [0.4, 0.5) is 5.95 Å². The summed E-state index contributed by atoms with van der Waals surface area (Å²) in [5.74, 6) is -0.231. The molecule has 24 heavy (non-hydrogen) atoms. The molecule has 0 aliphatic rings. The van der Waals surface area contributed by atoms with Gasteiger partial charge < -0.3 is 0 Å². The number of rotatable bonds is 3. The van der Waals surface area contributed by atoms with Crippen molar-refractivity contribution in [1.82, 2.24) is 19.7 Å². The van der Waals surface area contributed by atoms with Gasteiger partial charge in [-0.3, -0.25) is 24.6 Å². The van der Waals surface area contributed by atoms with Crippen LogP contribution in [0.1, 0.15) is 19.4 Å². The van der Waals surface area contributed by atoms with E-state index in [-0.39, 0.29) is 17.4 Å². The number of aryl methyl sites for hydroxylation is 1. The number of aromatic amines is 1. The Morgan fingerprint density at radius 1 is 1.38 bits per heavy atom. The van der Waals surface area contributed by atoms with E-state index in [4.69, 9.17) is 11.6 Å². The second kappa shape index (κ2) is 5.76. The molecule has 2 heterocycles. The van der Waals surface area contributed by atoms with E-state index >= 15 is 0 Å². The van der Waals surface area contributed by atoms with Gasteiger partial charge in [0, 0.05) is 12.1 Å². The number of nitrogens with zero attached hydrogens (tertiary/aromatic N) is 3. The van der Waals surface area contributed by atoms with Gasteiger partial charge in [-0.1, -0.05) is 23.7 Å². The van der Waals surface area contributed by atoms with E-state index in [9.17, 15) is 9.59 Å². The van der Waals surface area contributed by atoms with Crippen molar-refractivity contribution in [3.8, 4) is 0 Å². The molecule has 0 bridgehead atoms. The summed E-state index contributed by atoms with van der Waals surface area (Å²) in [6, 6.07) is 7.09. The summed E-state index contributed by atoms with van der Waals surface area (Å²) < 4.78 is 1.47. The highest BCUT2D eigenvalue weighted by Gasteiger charge is 2.30. The zero-order valence-electron chi connectivity index (χ0n) is 13.4. The SMILES string of the molecule is Cn1ncc2c(=O)[nH]c(NC(=O)C(C)(C)c3cccc(Cl)c3)nc21. The third kappa shape index (κ3) is 2.78. The Morgan fingerprint density at radius 2 is 2.12 bits per heavy atom. The largest absolute Gasteiger partial charge is 0.295 e. The van der Waals surface area contributed by atoms with Crippen molar-refractivity contribution in [3.05, 3.63) is 51.4 Å². The Balaban J connectivity index is 1.94. The van der Waals surface area contributed by atoms with Crippen molar-refractivity contribution in [2.24, 2.45) is 7.05 Å². The Kier molecular flexibility index (Phi) is 3.88. The summed E-state index contributed by atoms with van der Waals surface area (Å²) in [7, 11) is 1.68. The molecular formula is C16H16ClN5O2. The van der Waals surface area contributed by atoms with Gasteiger partial charge in [-0.15, -0.1) is 0 Å². The van der Waals surface area contributed by atoms with E-state index < -0.39 is 5.41 Å². The number of nitrogens with one attached hydrogen (secondary N) is 2. The Labute approximate surface area is 142 Å². The lowest BCUT2D eigenvalue weighted by molar-refractivity contribution is -0.120. The predicted octanol–water partition coefficient (Wildman–Crippen LogP) is 2.23. The van der Waals surface area contributed by atoms with E-state index in [0.29, 0.717) is 16.1 Å².